The van der Waals surface area contributed by atoms with Crippen LogP contribution in [0.2, 0.25) is 0 Å². The molecule has 0 bridgehead atoms. The fourth-order valence-electron chi connectivity index (χ4n) is 1.33. The van der Waals surface area contributed by atoms with Gasteiger partial charge >= 0.3 is 0 Å². The van der Waals surface area contributed by atoms with Crippen LogP contribution in [0.5, 0.6) is 0 Å². The molecule has 0 radical (unpaired) electrons. The fourth-order valence-corrected chi connectivity index (χ4v) is 1.33. The summed E-state index contributed by atoms with van der Waals surface area (Å²) in [4.78, 5) is 0. The van der Waals surface area contributed by atoms with Crippen molar-refractivity contribution in [2.45, 2.75) is 39.7 Å². The molecule has 1 heterocycles. The van der Waals surface area contributed by atoms with E-state index in [0.717, 1.165) is 18.5 Å². The van der Waals surface area contributed by atoms with Gasteiger partial charge in [0.05, 0.1) is 11.7 Å². The van der Waals surface area contributed by atoms with Crippen molar-refractivity contribution in [3.05, 3.63) is 5.69 Å². The van der Waals surface area contributed by atoms with Crippen molar-refractivity contribution in [3.8, 4) is 0 Å². The first-order valence-electron chi connectivity index (χ1n) is 4.37. The molecule has 0 aromatic carbocycles. The van der Waals surface area contributed by atoms with E-state index < -0.39 is 0 Å². The summed E-state index contributed by atoms with van der Waals surface area (Å²) >= 11 is 0. The average molecular weight is 168 g/mol. The lowest BCUT2D eigenvalue weighted by Gasteiger charge is -2.13. The van der Waals surface area contributed by atoms with Crippen molar-refractivity contribution in [1.29, 1.82) is 0 Å². The first kappa shape index (κ1) is 9.03. The van der Waals surface area contributed by atoms with Crippen LogP contribution < -0.4 is 5.73 Å². The molecule has 1 aromatic rings. The number of rotatable bonds is 3. The van der Waals surface area contributed by atoms with Gasteiger partial charge in [-0.25, -0.2) is 4.68 Å². The van der Waals surface area contributed by atoms with Crippen LogP contribution >= 0.6 is 0 Å². The van der Waals surface area contributed by atoms with Gasteiger partial charge in [0.25, 0.3) is 0 Å². The molecule has 2 N–H and O–H groups in total. The Morgan fingerprint density at radius 2 is 2.00 bits per heavy atom. The number of aromatic nitrogens is 3. The lowest BCUT2D eigenvalue weighted by molar-refractivity contribution is 0.410. The Bertz CT molecular complexity index is 250. The van der Waals surface area contributed by atoms with Gasteiger partial charge in [-0.15, -0.1) is 5.10 Å². The van der Waals surface area contributed by atoms with Gasteiger partial charge in [0, 0.05) is 0 Å². The molecular weight excluding hydrogens is 152 g/mol. The summed E-state index contributed by atoms with van der Waals surface area (Å²) in [5.74, 6) is 0.543. The van der Waals surface area contributed by atoms with E-state index in [4.69, 9.17) is 5.73 Å². The minimum absolute atomic E-state index is 0.440. The highest BCUT2D eigenvalue weighted by atomic mass is 15.5. The van der Waals surface area contributed by atoms with Crippen molar-refractivity contribution in [3.63, 3.8) is 0 Å². The number of hydrogen-bond donors (Lipinski definition) is 1. The van der Waals surface area contributed by atoms with Gasteiger partial charge in [0.15, 0.2) is 5.82 Å². The molecule has 4 heteroatoms. The van der Waals surface area contributed by atoms with Gasteiger partial charge in [-0.1, -0.05) is 19.1 Å². The van der Waals surface area contributed by atoms with Gasteiger partial charge in [-0.3, -0.25) is 0 Å². The predicted molar refractivity (Wildman–Crippen MR) is 48.8 cm³/mol. The number of nitrogens with zero attached hydrogens (tertiary/aromatic N) is 3. The first-order valence-corrected chi connectivity index (χ1v) is 4.37. The van der Waals surface area contributed by atoms with Gasteiger partial charge in [-0.2, -0.15) is 0 Å². The van der Waals surface area contributed by atoms with Crippen molar-refractivity contribution in [2.75, 3.05) is 5.73 Å². The molecule has 0 saturated carbocycles. The van der Waals surface area contributed by atoms with E-state index in [0.29, 0.717) is 11.9 Å². The molecule has 0 fully saturated rings. The van der Waals surface area contributed by atoms with Gasteiger partial charge in [0.2, 0.25) is 0 Å². The summed E-state index contributed by atoms with van der Waals surface area (Å²) in [5.41, 5.74) is 6.57. The minimum atomic E-state index is 0.440. The monoisotopic (exact) mass is 168 g/mol. The van der Waals surface area contributed by atoms with Crippen LogP contribution in [0, 0.1) is 6.92 Å². The van der Waals surface area contributed by atoms with E-state index in [9.17, 15) is 0 Å². The standard InChI is InChI=1S/C8H16N4/c1-4-7(5-2)12-6(3)8(9)10-11-12/h7H,4-5,9H2,1-3H3. The molecule has 4 nitrogen and oxygen atoms in total. The van der Waals surface area contributed by atoms with Crippen LogP contribution in [-0.2, 0) is 0 Å². The van der Waals surface area contributed by atoms with Crippen molar-refractivity contribution >= 4 is 5.82 Å². The lowest BCUT2D eigenvalue weighted by Crippen LogP contribution is -2.10. The molecule has 1 aromatic heterocycles. The smallest absolute Gasteiger partial charge is 0.168 e. The predicted octanol–water partition coefficient (Wildman–Crippen LogP) is 1.53. The molecule has 0 saturated heterocycles. The second-order valence-electron chi connectivity index (χ2n) is 2.97. The van der Waals surface area contributed by atoms with E-state index >= 15 is 0 Å². The second kappa shape index (κ2) is 3.56. The largest absolute Gasteiger partial charge is 0.381 e. The molecule has 68 valence electrons. The Morgan fingerprint density at radius 3 is 2.33 bits per heavy atom. The topological polar surface area (TPSA) is 56.7 Å². The maximum atomic E-state index is 5.59. The van der Waals surface area contributed by atoms with Gasteiger partial charge < -0.3 is 5.73 Å². The zero-order chi connectivity index (χ0) is 9.14. The van der Waals surface area contributed by atoms with Gasteiger partial charge in [0.1, 0.15) is 0 Å². The Hall–Kier alpha value is -1.06. The molecule has 12 heavy (non-hydrogen) atoms. The summed E-state index contributed by atoms with van der Waals surface area (Å²) < 4.78 is 1.91. The maximum Gasteiger partial charge on any atom is 0.168 e. The van der Waals surface area contributed by atoms with Crippen LogP contribution in [0.4, 0.5) is 5.82 Å². The molecule has 0 spiro atoms. The second-order valence-corrected chi connectivity index (χ2v) is 2.97. The highest BCUT2D eigenvalue weighted by molar-refractivity contribution is 5.31. The van der Waals surface area contributed by atoms with Crippen LogP contribution in [0.25, 0.3) is 0 Å². The Kier molecular flexibility index (Phi) is 2.68. The zero-order valence-corrected chi connectivity index (χ0v) is 7.91. The fraction of sp³-hybridized carbons (Fsp3) is 0.750. The third kappa shape index (κ3) is 1.42. The minimum Gasteiger partial charge on any atom is -0.381 e. The molecule has 0 aliphatic carbocycles. The lowest BCUT2D eigenvalue weighted by atomic mass is 10.2. The third-order valence-corrected chi connectivity index (χ3v) is 2.25. The van der Waals surface area contributed by atoms with Crippen LogP contribution in [0.1, 0.15) is 38.4 Å². The third-order valence-electron chi connectivity index (χ3n) is 2.25. The summed E-state index contributed by atoms with van der Waals surface area (Å²) in [7, 11) is 0. The van der Waals surface area contributed by atoms with E-state index in [1.54, 1.807) is 0 Å². The molecule has 0 aliphatic heterocycles. The first-order chi connectivity index (χ1) is 5.70. The van der Waals surface area contributed by atoms with Crippen LogP contribution in [0.3, 0.4) is 0 Å². The highest BCUT2D eigenvalue weighted by Gasteiger charge is 2.11. The van der Waals surface area contributed by atoms with E-state index in [1.165, 1.54) is 0 Å². The van der Waals surface area contributed by atoms with E-state index in [-0.39, 0.29) is 0 Å². The SMILES string of the molecule is CCC(CC)n1nnc(N)c1C. The molecule has 1 rings (SSSR count). The Morgan fingerprint density at radius 1 is 1.42 bits per heavy atom. The van der Waals surface area contributed by atoms with E-state index in [1.807, 2.05) is 11.6 Å². The van der Waals surface area contributed by atoms with Gasteiger partial charge in [-0.05, 0) is 19.8 Å². The highest BCUT2D eigenvalue weighted by Crippen LogP contribution is 2.18. The maximum absolute atomic E-state index is 5.59. The number of hydrogen-bond acceptors (Lipinski definition) is 3. The number of nitrogen functional groups attached to an aromatic ring is 1. The van der Waals surface area contributed by atoms with Crippen molar-refractivity contribution in [2.24, 2.45) is 0 Å². The zero-order valence-electron chi connectivity index (χ0n) is 7.91. The summed E-state index contributed by atoms with van der Waals surface area (Å²) in [6.45, 7) is 6.24. The van der Waals surface area contributed by atoms with Crippen LogP contribution in [-0.4, -0.2) is 15.0 Å². The summed E-state index contributed by atoms with van der Waals surface area (Å²) in [6.07, 6.45) is 2.14. The molecule has 0 atom stereocenters. The normalized spacial score (nSPS) is 11.0. The van der Waals surface area contributed by atoms with Crippen molar-refractivity contribution < 1.29 is 0 Å². The number of nitrogens with two attached hydrogens (primary N) is 1. The summed E-state index contributed by atoms with van der Waals surface area (Å²) in [5, 5.41) is 7.82. The Balaban J connectivity index is 2.93. The summed E-state index contributed by atoms with van der Waals surface area (Å²) in [6, 6.07) is 0.440. The molecular formula is C8H16N4. The molecule has 0 unspecified atom stereocenters. The van der Waals surface area contributed by atoms with Crippen LogP contribution in [0.15, 0.2) is 0 Å². The molecule has 0 amide bonds. The number of anilines is 1. The molecule has 0 aliphatic rings. The Labute approximate surface area is 72.8 Å². The van der Waals surface area contributed by atoms with Crippen molar-refractivity contribution in [1.82, 2.24) is 15.0 Å². The quantitative estimate of drug-likeness (QED) is 0.744. The average Bonchev–Trinajstić information content (AvgIpc) is 2.38. The van der Waals surface area contributed by atoms with E-state index in [2.05, 4.69) is 24.2 Å².